The molecule has 1 amide bonds. The van der Waals surface area contributed by atoms with Gasteiger partial charge in [-0.3, -0.25) is 10.2 Å². The fourth-order valence-electron chi connectivity index (χ4n) is 3.10. The van der Waals surface area contributed by atoms with Crippen molar-refractivity contribution < 1.29 is 35.2 Å². The fourth-order valence-corrected chi connectivity index (χ4v) is 4.57. The summed E-state index contributed by atoms with van der Waals surface area (Å²) >= 11 is 0. The molecule has 2 heterocycles. The van der Waals surface area contributed by atoms with Crippen molar-refractivity contribution in [1.82, 2.24) is 14.6 Å². The van der Waals surface area contributed by atoms with E-state index < -0.39 is 62.2 Å². The highest BCUT2D eigenvalue weighted by molar-refractivity contribution is 7.89. The number of alkyl halides is 3. The van der Waals surface area contributed by atoms with Crippen LogP contribution >= 0.6 is 0 Å². The van der Waals surface area contributed by atoms with E-state index >= 15 is 0 Å². The zero-order valence-electron chi connectivity index (χ0n) is 16.5. The molecule has 2 aromatic rings. The van der Waals surface area contributed by atoms with Gasteiger partial charge in [0, 0.05) is 24.5 Å². The molecule has 0 spiro atoms. The number of nitrogens with one attached hydrogen (secondary N) is 3. The summed E-state index contributed by atoms with van der Waals surface area (Å²) < 4.78 is 91.8. The van der Waals surface area contributed by atoms with Crippen molar-refractivity contribution in [3.63, 3.8) is 0 Å². The van der Waals surface area contributed by atoms with Gasteiger partial charge in [0.1, 0.15) is 5.82 Å². The van der Waals surface area contributed by atoms with E-state index in [9.17, 15) is 35.2 Å². The Morgan fingerprint density at radius 2 is 1.91 bits per heavy atom. The quantitative estimate of drug-likeness (QED) is 0.588. The lowest BCUT2D eigenvalue weighted by molar-refractivity contribution is -0.138. The van der Waals surface area contributed by atoms with Crippen molar-refractivity contribution in [3.05, 3.63) is 58.9 Å². The lowest BCUT2D eigenvalue weighted by Gasteiger charge is -2.40. The number of carbonyl (C=O) groups excluding carboxylic acids is 1. The van der Waals surface area contributed by atoms with Gasteiger partial charge in [0.2, 0.25) is 16.0 Å². The summed E-state index contributed by atoms with van der Waals surface area (Å²) in [5.74, 6) is -4.66. The monoisotopic (exact) mass is 477 g/mol. The molecular formula is C18H16F5N5O3S. The molecule has 172 valence electrons. The summed E-state index contributed by atoms with van der Waals surface area (Å²) in [6.07, 6.45) is -4.55. The van der Waals surface area contributed by atoms with Gasteiger partial charge in [0.05, 0.1) is 16.9 Å². The minimum atomic E-state index is -4.85. The van der Waals surface area contributed by atoms with Crippen LogP contribution in [0.3, 0.4) is 0 Å². The van der Waals surface area contributed by atoms with E-state index in [1.807, 2.05) is 0 Å². The molecule has 3 rings (SSSR count). The summed E-state index contributed by atoms with van der Waals surface area (Å²) in [5, 5.41) is 12.6. The Morgan fingerprint density at radius 1 is 1.25 bits per heavy atom. The summed E-state index contributed by atoms with van der Waals surface area (Å²) in [6, 6.07) is 3.22. The van der Waals surface area contributed by atoms with Crippen molar-refractivity contribution in [2.45, 2.75) is 18.6 Å². The molecule has 1 aromatic carbocycles. The minimum absolute atomic E-state index is 0.0987. The second-order valence-corrected chi connectivity index (χ2v) is 9.23. The van der Waals surface area contributed by atoms with Gasteiger partial charge < -0.3 is 10.6 Å². The van der Waals surface area contributed by atoms with Crippen LogP contribution in [0.5, 0.6) is 0 Å². The van der Waals surface area contributed by atoms with E-state index in [-0.39, 0.29) is 17.3 Å². The van der Waals surface area contributed by atoms with Crippen LogP contribution in [0.25, 0.3) is 0 Å². The van der Waals surface area contributed by atoms with E-state index in [2.05, 4.69) is 15.6 Å². The second kappa shape index (κ2) is 7.69. The molecule has 0 saturated carbocycles. The van der Waals surface area contributed by atoms with Gasteiger partial charge in [0.25, 0.3) is 5.91 Å². The average molecular weight is 477 g/mol. The molecule has 0 bridgehead atoms. The van der Waals surface area contributed by atoms with Crippen molar-refractivity contribution in [2.75, 3.05) is 18.1 Å². The fraction of sp³-hybridized carbons (Fsp3) is 0.278. The highest BCUT2D eigenvalue weighted by Gasteiger charge is 2.43. The van der Waals surface area contributed by atoms with E-state index in [0.29, 0.717) is 10.5 Å². The molecule has 8 nitrogen and oxygen atoms in total. The van der Waals surface area contributed by atoms with Crippen LogP contribution in [-0.4, -0.2) is 42.4 Å². The molecule has 1 atom stereocenters. The number of hydrogen-bond acceptors (Lipinski definition) is 5. The molecule has 32 heavy (non-hydrogen) atoms. The summed E-state index contributed by atoms with van der Waals surface area (Å²) in [7, 11) is -2.79. The van der Waals surface area contributed by atoms with Crippen LogP contribution in [0, 0.1) is 17.0 Å². The predicted octanol–water partition coefficient (Wildman–Crippen LogP) is 2.65. The van der Waals surface area contributed by atoms with Gasteiger partial charge in [-0.15, -0.1) is 0 Å². The standard InChI is InChI=1S/C18H16F5N5O3S/c1-17(8-32(30,31)28(2)16(24)27-17)11-6-10(3-4-12(11)19)26-15(29)14-13(20)5-9(7-25-14)18(21,22)23/h3-7H,8H2,1-2H3,(H2,24,27)(H,26,29)/t17-/m0/s1. The van der Waals surface area contributed by atoms with E-state index in [1.165, 1.54) is 6.92 Å². The molecule has 1 saturated heterocycles. The van der Waals surface area contributed by atoms with Crippen LogP contribution in [0.4, 0.5) is 27.6 Å². The first-order chi connectivity index (χ1) is 14.6. The molecule has 1 aliphatic rings. The van der Waals surface area contributed by atoms with Gasteiger partial charge in [-0.2, -0.15) is 13.2 Å². The number of nitrogens with zero attached hydrogens (tertiary/aromatic N) is 2. The third-order valence-corrected chi connectivity index (χ3v) is 6.76. The second-order valence-electron chi connectivity index (χ2n) is 7.23. The molecule has 14 heteroatoms. The number of anilines is 1. The number of hydrogen-bond donors (Lipinski definition) is 3. The van der Waals surface area contributed by atoms with Gasteiger partial charge in [-0.05, 0) is 31.2 Å². The molecule has 3 N–H and O–H groups in total. The Labute approximate surface area is 179 Å². The molecule has 0 unspecified atom stereocenters. The van der Waals surface area contributed by atoms with Crippen LogP contribution < -0.4 is 10.6 Å². The Bertz CT molecular complexity index is 1220. The Kier molecular flexibility index (Phi) is 5.62. The number of pyridine rings is 1. The van der Waals surface area contributed by atoms with E-state index in [0.717, 1.165) is 25.2 Å². The summed E-state index contributed by atoms with van der Waals surface area (Å²) in [6.45, 7) is 1.34. The van der Waals surface area contributed by atoms with Gasteiger partial charge >= 0.3 is 6.18 Å². The number of halogens is 5. The zero-order chi connectivity index (χ0) is 24.1. The number of benzene rings is 1. The molecule has 1 aromatic heterocycles. The summed E-state index contributed by atoms with van der Waals surface area (Å²) in [4.78, 5) is 15.5. The summed E-state index contributed by atoms with van der Waals surface area (Å²) in [5.41, 5.74) is -4.18. The number of carbonyl (C=O) groups is 1. The maximum absolute atomic E-state index is 14.5. The van der Waals surface area contributed by atoms with Crippen molar-refractivity contribution in [2.24, 2.45) is 0 Å². The number of aromatic nitrogens is 1. The van der Waals surface area contributed by atoms with Gasteiger partial charge in [0.15, 0.2) is 11.5 Å². The first-order valence-electron chi connectivity index (χ1n) is 8.81. The van der Waals surface area contributed by atoms with Crippen LogP contribution in [0.2, 0.25) is 0 Å². The lowest BCUT2D eigenvalue weighted by Crippen LogP contribution is -2.61. The van der Waals surface area contributed by atoms with E-state index in [4.69, 9.17) is 5.41 Å². The Balaban J connectivity index is 1.91. The van der Waals surface area contributed by atoms with Crippen LogP contribution in [0.1, 0.15) is 28.5 Å². The molecular weight excluding hydrogens is 461 g/mol. The normalized spacial score (nSPS) is 20.6. The topological polar surface area (TPSA) is 115 Å². The highest BCUT2D eigenvalue weighted by Crippen LogP contribution is 2.32. The molecule has 1 aliphatic heterocycles. The third-order valence-electron chi connectivity index (χ3n) is 4.80. The molecule has 0 aliphatic carbocycles. The maximum atomic E-state index is 14.5. The minimum Gasteiger partial charge on any atom is -0.345 e. The number of guanidine groups is 1. The van der Waals surface area contributed by atoms with Crippen molar-refractivity contribution >= 4 is 27.6 Å². The van der Waals surface area contributed by atoms with Crippen LogP contribution in [-0.2, 0) is 21.7 Å². The highest BCUT2D eigenvalue weighted by atomic mass is 32.2. The van der Waals surface area contributed by atoms with Crippen molar-refractivity contribution in [1.29, 1.82) is 5.41 Å². The van der Waals surface area contributed by atoms with Gasteiger partial charge in [-0.1, -0.05) is 0 Å². The smallest absolute Gasteiger partial charge is 0.345 e. The zero-order valence-corrected chi connectivity index (χ0v) is 17.3. The molecule has 1 fully saturated rings. The maximum Gasteiger partial charge on any atom is 0.417 e. The predicted molar refractivity (Wildman–Crippen MR) is 103 cm³/mol. The Hall–Kier alpha value is -3.29. The van der Waals surface area contributed by atoms with Crippen molar-refractivity contribution in [3.8, 4) is 0 Å². The largest absolute Gasteiger partial charge is 0.417 e. The van der Waals surface area contributed by atoms with E-state index in [1.54, 1.807) is 0 Å². The first-order valence-corrected chi connectivity index (χ1v) is 10.4. The van der Waals surface area contributed by atoms with Crippen LogP contribution in [0.15, 0.2) is 30.5 Å². The number of sulfonamides is 1. The first kappa shape index (κ1) is 23.4. The Morgan fingerprint density at radius 3 is 2.47 bits per heavy atom. The molecule has 0 radical (unpaired) electrons. The SMILES string of the molecule is CN1C(=N)N[C@](C)(c2cc(NC(=O)c3ncc(C(F)(F)F)cc3F)ccc2F)CS1(=O)=O. The third kappa shape index (κ3) is 4.35. The number of amides is 1. The number of rotatable bonds is 3. The average Bonchev–Trinajstić information content (AvgIpc) is 2.66. The van der Waals surface area contributed by atoms with Gasteiger partial charge in [-0.25, -0.2) is 26.5 Å². The lowest BCUT2D eigenvalue weighted by atomic mass is 9.93.